The van der Waals surface area contributed by atoms with Crippen LogP contribution in [0, 0.1) is 0 Å². The van der Waals surface area contributed by atoms with Gasteiger partial charge in [-0.3, -0.25) is 4.79 Å². The number of rotatable bonds is 4. The molecule has 0 aliphatic carbocycles. The van der Waals surface area contributed by atoms with E-state index in [9.17, 15) is 9.90 Å². The van der Waals surface area contributed by atoms with Crippen molar-refractivity contribution in [2.75, 3.05) is 26.7 Å². The molecule has 1 aromatic rings. The molecule has 0 spiro atoms. The lowest BCUT2D eigenvalue weighted by atomic mass is 9.91. The molecule has 130 valence electrons. The number of halogens is 2. The van der Waals surface area contributed by atoms with E-state index in [2.05, 4.69) is 0 Å². The summed E-state index contributed by atoms with van der Waals surface area (Å²) in [6.07, 6.45) is 1.76. The van der Waals surface area contributed by atoms with Crippen LogP contribution < -0.4 is 10.5 Å². The zero-order valence-electron chi connectivity index (χ0n) is 13.5. The van der Waals surface area contributed by atoms with Crippen molar-refractivity contribution in [1.29, 1.82) is 0 Å². The van der Waals surface area contributed by atoms with Gasteiger partial charge >= 0.3 is 0 Å². The van der Waals surface area contributed by atoms with Crippen LogP contribution >= 0.6 is 23.2 Å². The number of carbonyl (C=O) groups is 1. The van der Waals surface area contributed by atoms with Gasteiger partial charge in [0.2, 0.25) is 5.91 Å². The molecule has 1 atom stereocenters. The van der Waals surface area contributed by atoms with Gasteiger partial charge in [0.05, 0.1) is 29.2 Å². The van der Waals surface area contributed by atoms with E-state index in [0.717, 1.165) is 18.7 Å². The number of nitrogens with zero attached hydrogens (tertiary/aromatic N) is 1. The summed E-state index contributed by atoms with van der Waals surface area (Å²) < 4.78 is 4.91. The summed E-state index contributed by atoms with van der Waals surface area (Å²) in [5, 5.41) is 10.8. The van der Waals surface area contributed by atoms with Crippen molar-refractivity contribution in [3.05, 3.63) is 28.2 Å². The molecule has 1 heterocycles. The van der Waals surface area contributed by atoms with E-state index in [1.54, 1.807) is 30.2 Å². The normalized spacial score (nSPS) is 20.8. The van der Waals surface area contributed by atoms with E-state index in [1.165, 1.54) is 0 Å². The molecule has 3 N–H and O–H groups in total. The minimum Gasteiger partial charge on any atom is -0.497 e. The second-order valence-electron chi connectivity index (χ2n) is 5.52. The Morgan fingerprint density at radius 2 is 2.09 bits per heavy atom. The summed E-state index contributed by atoms with van der Waals surface area (Å²) in [6, 6.07) is 5.13. The number of hydrogen-bond acceptors (Lipinski definition) is 4. The average molecular weight is 363 g/mol. The third-order valence-electron chi connectivity index (χ3n) is 3.68. The quantitative estimate of drug-likeness (QED) is 0.863. The molecule has 1 unspecified atom stereocenters. The molecule has 1 aliphatic heterocycles. The maximum absolute atomic E-state index is 11.5. The fourth-order valence-corrected chi connectivity index (χ4v) is 2.52. The van der Waals surface area contributed by atoms with Gasteiger partial charge in [-0.05, 0) is 25.0 Å². The standard InChI is InChI=1S/C9H18N2O2.C7H6Cl2O/c1-2-4-11-5-3-9(13,7-10)6-8(11)12;1-10-5-2-3-6(8)7(9)4-5/h13H,2-7,10H2,1H3;2-4H,1H3. The number of methoxy groups -OCH3 is 1. The van der Waals surface area contributed by atoms with Crippen LogP contribution in [-0.4, -0.2) is 48.3 Å². The van der Waals surface area contributed by atoms with Crippen LogP contribution in [0.5, 0.6) is 5.75 Å². The molecule has 1 fully saturated rings. The fraction of sp³-hybridized carbons (Fsp3) is 0.562. The minimum atomic E-state index is -0.943. The number of aliphatic hydroxyl groups is 1. The predicted octanol–water partition coefficient (Wildman–Crippen LogP) is 2.71. The van der Waals surface area contributed by atoms with Gasteiger partial charge in [-0.1, -0.05) is 30.1 Å². The van der Waals surface area contributed by atoms with Crippen molar-refractivity contribution in [2.45, 2.75) is 31.8 Å². The van der Waals surface area contributed by atoms with Crippen molar-refractivity contribution in [2.24, 2.45) is 5.73 Å². The first-order valence-electron chi connectivity index (χ1n) is 7.54. The Morgan fingerprint density at radius 3 is 2.57 bits per heavy atom. The van der Waals surface area contributed by atoms with Gasteiger partial charge < -0.3 is 20.5 Å². The van der Waals surface area contributed by atoms with E-state index in [0.29, 0.717) is 23.0 Å². The van der Waals surface area contributed by atoms with E-state index in [4.69, 9.17) is 33.7 Å². The van der Waals surface area contributed by atoms with Crippen molar-refractivity contribution in [3.63, 3.8) is 0 Å². The Hall–Kier alpha value is -1.01. The fourth-order valence-electron chi connectivity index (χ4n) is 2.23. The predicted molar refractivity (Wildman–Crippen MR) is 93.1 cm³/mol. The Labute approximate surface area is 147 Å². The number of benzene rings is 1. The average Bonchev–Trinajstić information content (AvgIpc) is 2.54. The molecule has 0 radical (unpaired) electrons. The number of ether oxygens (including phenoxy) is 1. The van der Waals surface area contributed by atoms with Gasteiger partial charge in [0.1, 0.15) is 5.75 Å². The summed E-state index contributed by atoms with van der Waals surface area (Å²) in [4.78, 5) is 13.3. The van der Waals surface area contributed by atoms with Gasteiger partial charge in [0.25, 0.3) is 0 Å². The van der Waals surface area contributed by atoms with Gasteiger partial charge in [-0.2, -0.15) is 0 Å². The highest BCUT2D eigenvalue weighted by molar-refractivity contribution is 6.42. The Kier molecular flexibility index (Phi) is 8.12. The molecule has 7 heteroatoms. The molecule has 1 amide bonds. The van der Waals surface area contributed by atoms with Crippen LogP contribution in [-0.2, 0) is 4.79 Å². The van der Waals surface area contributed by atoms with E-state index < -0.39 is 5.60 Å². The summed E-state index contributed by atoms with van der Waals surface area (Å²) in [5.74, 6) is 0.746. The van der Waals surface area contributed by atoms with E-state index >= 15 is 0 Å². The molecule has 1 saturated heterocycles. The molecule has 2 rings (SSSR count). The number of amides is 1. The Balaban J connectivity index is 0.000000238. The van der Waals surface area contributed by atoms with Crippen LogP contribution in [0.25, 0.3) is 0 Å². The number of carbonyl (C=O) groups excluding carboxylic acids is 1. The monoisotopic (exact) mass is 362 g/mol. The smallest absolute Gasteiger partial charge is 0.225 e. The Morgan fingerprint density at radius 1 is 1.39 bits per heavy atom. The highest BCUT2D eigenvalue weighted by Crippen LogP contribution is 2.25. The molecule has 23 heavy (non-hydrogen) atoms. The lowest BCUT2D eigenvalue weighted by Crippen LogP contribution is -2.51. The molecule has 0 bridgehead atoms. The molecule has 5 nitrogen and oxygen atoms in total. The topological polar surface area (TPSA) is 75.8 Å². The molecular formula is C16H24Cl2N2O3. The summed E-state index contributed by atoms with van der Waals surface area (Å²) >= 11 is 11.3. The van der Waals surface area contributed by atoms with Crippen LogP contribution in [0.4, 0.5) is 0 Å². The molecule has 1 aromatic carbocycles. The minimum absolute atomic E-state index is 0.0288. The summed E-state index contributed by atoms with van der Waals surface area (Å²) in [6.45, 7) is 3.65. The highest BCUT2D eigenvalue weighted by Gasteiger charge is 2.35. The third-order valence-corrected chi connectivity index (χ3v) is 4.42. The number of piperidine rings is 1. The lowest BCUT2D eigenvalue weighted by molar-refractivity contribution is -0.142. The number of nitrogens with two attached hydrogens (primary N) is 1. The first-order chi connectivity index (χ1) is 10.8. The zero-order chi connectivity index (χ0) is 17.5. The summed E-state index contributed by atoms with van der Waals surface area (Å²) in [5.41, 5.74) is 4.46. The van der Waals surface area contributed by atoms with E-state index in [-0.39, 0.29) is 18.9 Å². The SMILES string of the molecule is CCCN1CCC(O)(CN)CC1=O.COc1ccc(Cl)c(Cl)c1. The van der Waals surface area contributed by atoms with Crippen LogP contribution in [0.2, 0.25) is 10.0 Å². The molecular weight excluding hydrogens is 339 g/mol. The molecule has 1 aliphatic rings. The molecule has 0 aromatic heterocycles. The highest BCUT2D eigenvalue weighted by atomic mass is 35.5. The summed E-state index contributed by atoms with van der Waals surface area (Å²) in [7, 11) is 1.58. The second kappa shape index (κ2) is 9.33. The third kappa shape index (κ3) is 6.18. The second-order valence-corrected chi connectivity index (χ2v) is 6.33. The first kappa shape index (κ1) is 20.0. The first-order valence-corrected chi connectivity index (χ1v) is 8.30. The van der Waals surface area contributed by atoms with Gasteiger partial charge in [0.15, 0.2) is 0 Å². The maximum Gasteiger partial charge on any atom is 0.225 e. The van der Waals surface area contributed by atoms with Crippen molar-refractivity contribution in [1.82, 2.24) is 4.90 Å². The van der Waals surface area contributed by atoms with Crippen LogP contribution in [0.1, 0.15) is 26.2 Å². The van der Waals surface area contributed by atoms with Gasteiger partial charge in [-0.15, -0.1) is 0 Å². The maximum atomic E-state index is 11.5. The zero-order valence-corrected chi connectivity index (χ0v) is 15.0. The largest absolute Gasteiger partial charge is 0.497 e. The van der Waals surface area contributed by atoms with Gasteiger partial charge in [-0.25, -0.2) is 0 Å². The van der Waals surface area contributed by atoms with Crippen molar-refractivity contribution < 1.29 is 14.6 Å². The van der Waals surface area contributed by atoms with E-state index in [1.807, 2.05) is 6.92 Å². The van der Waals surface area contributed by atoms with Crippen molar-refractivity contribution in [3.8, 4) is 5.75 Å². The number of hydrogen-bond donors (Lipinski definition) is 2. The number of likely N-dealkylation sites (tertiary alicyclic amines) is 1. The Bertz CT molecular complexity index is 528. The lowest BCUT2D eigenvalue weighted by Gasteiger charge is -2.36. The van der Waals surface area contributed by atoms with Crippen LogP contribution in [0.15, 0.2) is 18.2 Å². The van der Waals surface area contributed by atoms with Crippen molar-refractivity contribution >= 4 is 29.1 Å². The van der Waals surface area contributed by atoms with Gasteiger partial charge in [0, 0.05) is 25.7 Å². The molecule has 0 saturated carbocycles. The van der Waals surface area contributed by atoms with Crippen LogP contribution in [0.3, 0.4) is 0 Å².